The standard InChI is InChI=1S/C17H14N2O4/c18-10-13-3-1-2-4-15(13)19-16(21)11-23-17(22)9-12-5-7-14(20)8-6-12/h1-8,20H,9,11H2,(H,19,21). The summed E-state index contributed by atoms with van der Waals surface area (Å²) in [6, 6.07) is 14.6. The molecule has 0 saturated carbocycles. The van der Waals surface area contributed by atoms with Crippen molar-refractivity contribution in [1.82, 2.24) is 0 Å². The Morgan fingerprint density at radius 1 is 1.13 bits per heavy atom. The number of amides is 1. The number of nitrogens with zero attached hydrogens (tertiary/aromatic N) is 1. The highest BCUT2D eigenvalue weighted by molar-refractivity contribution is 5.94. The molecular formula is C17H14N2O4. The fourth-order valence-corrected chi connectivity index (χ4v) is 1.85. The zero-order valence-corrected chi connectivity index (χ0v) is 12.2. The Labute approximate surface area is 132 Å². The van der Waals surface area contributed by atoms with Crippen LogP contribution in [0.2, 0.25) is 0 Å². The van der Waals surface area contributed by atoms with Crippen LogP contribution in [0.3, 0.4) is 0 Å². The second-order valence-electron chi connectivity index (χ2n) is 4.71. The number of esters is 1. The third-order valence-corrected chi connectivity index (χ3v) is 2.97. The molecular weight excluding hydrogens is 296 g/mol. The summed E-state index contributed by atoms with van der Waals surface area (Å²) in [4.78, 5) is 23.4. The Balaban J connectivity index is 1.83. The maximum absolute atomic E-state index is 11.8. The molecule has 0 fully saturated rings. The highest BCUT2D eigenvalue weighted by atomic mass is 16.5. The van der Waals surface area contributed by atoms with E-state index in [-0.39, 0.29) is 12.2 Å². The van der Waals surface area contributed by atoms with Crippen LogP contribution in [-0.4, -0.2) is 23.6 Å². The van der Waals surface area contributed by atoms with Crippen LogP contribution in [0.5, 0.6) is 5.75 Å². The third-order valence-electron chi connectivity index (χ3n) is 2.97. The third kappa shape index (κ3) is 4.86. The van der Waals surface area contributed by atoms with E-state index in [0.29, 0.717) is 16.8 Å². The summed E-state index contributed by atoms with van der Waals surface area (Å²) in [5, 5.41) is 20.6. The van der Waals surface area contributed by atoms with Crippen LogP contribution >= 0.6 is 0 Å². The van der Waals surface area contributed by atoms with Crippen molar-refractivity contribution in [1.29, 1.82) is 5.26 Å². The quantitative estimate of drug-likeness (QED) is 0.823. The van der Waals surface area contributed by atoms with Gasteiger partial charge in [0.1, 0.15) is 11.8 Å². The Morgan fingerprint density at radius 3 is 2.52 bits per heavy atom. The van der Waals surface area contributed by atoms with Gasteiger partial charge in [-0.15, -0.1) is 0 Å². The smallest absolute Gasteiger partial charge is 0.310 e. The first-order chi connectivity index (χ1) is 11.1. The molecule has 1 amide bonds. The first-order valence-electron chi connectivity index (χ1n) is 6.81. The van der Waals surface area contributed by atoms with Crippen molar-refractivity contribution in [3.63, 3.8) is 0 Å². The molecule has 23 heavy (non-hydrogen) atoms. The van der Waals surface area contributed by atoms with Gasteiger partial charge in [0.25, 0.3) is 5.91 Å². The number of nitriles is 1. The Kier molecular flexibility index (Phi) is 5.31. The van der Waals surface area contributed by atoms with Gasteiger partial charge in [-0.2, -0.15) is 5.26 Å². The van der Waals surface area contributed by atoms with E-state index in [0.717, 1.165) is 0 Å². The molecule has 0 aromatic heterocycles. The number of carbonyl (C=O) groups is 2. The fraction of sp³-hybridized carbons (Fsp3) is 0.118. The normalized spacial score (nSPS) is 9.70. The number of phenols is 1. The minimum Gasteiger partial charge on any atom is -0.508 e. The van der Waals surface area contributed by atoms with E-state index in [9.17, 15) is 9.59 Å². The van der Waals surface area contributed by atoms with Gasteiger partial charge in [0, 0.05) is 0 Å². The predicted molar refractivity (Wildman–Crippen MR) is 82.6 cm³/mol. The summed E-state index contributed by atoms with van der Waals surface area (Å²) in [6.45, 7) is -0.434. The number of para-hydroxylation sites is 1. The largest absolute Gasteiger partial charge is 0.508 e. The molecule has 6 heteroatoms. The number of rotatable bonds is 5. The predicted octanol–water partition coefficient (Wildman–Crippen LogP) is 1.99. The van der Waals surface area contributed by atoms with Gasteiger partial charge in [0.05, 0.1) is 17.7 Å². The molecule has 0 aliphatic heterocycles. The van der Waals surface area contributed by atoms with E-state index in [4.69, 9.17) is 15.1 Å². The van der Waals surface area contributed by atoms with Gasteiger partial charge in [-0.05, 0) is 29.8 Å². The number of aromatic hydroxyl groups is 1. The number of benzene rings is 2. The average molecular weight is 310 g/mol. The lowest BCUT2D eigenvalue weighted by atomic mass is 10.1. The van der Waals surface area contributed by atoms with Crippen LogP contribution in [0, 0.1) is 11.3 Å². The van der Waals surface area contributed by atoms with Crippen molar-refractivity contribution >= 4 is 17.6 Å². The van der Waals surface area contributed by atoms with E-state index in [1.165, 1.54) is 12.1 Å². The van der Waals surface area contributed by atoms with Crippen LogP contribution in [0.1, 0.15) is 11.1 Å². The topological polar surface area (TPSA) is 99.4 Å². The summed E-state index contributed by atoms with van der Waals surface area (Å²) >= 11 is 0. The number of nitrogens with one attached hydrogen (secondary N) is 1. The van der Waals surface area contributed by atoms with Crippen LogP contribution in [0.25, 0.3) is 0 Å². The lowest BCUT2D eigenvalue weighted by molar-refractivity contribution is -0.146. The second kappa shape index (κ2) is 7.61. The zero-order chi connectivity index (χ0) is 16.7. The van der Waals surface area contributed by atoms with Crippen molar-refractivity contribution < 1.29 is 19.4 Å². The van der Waals surface area contributed by atoms with Gasteiger partial charge in [0.15, 0.2) is 6.61 Å². The van der Waals surface area contributed by atoms with Gasteiger partial charge < -0.3 is 15.2 Å². The summed E-state index contributed by atoms with van der Waals surface area (Å²) in [7, 11) is 0. The molecule has 0 unspecified atom stereocenters. The molecule has 0 bridgehead atoms. The molecule has 0 aliphatic carbocycles. The lowest BCUT2D eigenvalue weighted by Crippen LogP contribution is -2.22. The first-order valence-corrected chi connectivity index (χ1v) is 6.81. The van der Waals surface area contributed by atoms with Crippen LogP contribution in [-0.2, 0) is 20.7 Å². The van der Waals surface area contributed by atoms with Gasteiger partial charge in [-0.3, -0.25) is 9.59 Å². The monoisotopic (exact) mass is 310 g/mol. The molecule has 0 atom stereocenters. The molecule has 2 aromatic rings. The van der Waals surface area contributed by atoms with Gasteiger partial charge in [-0.1, -0.05) is 24.3 Å². The number of ether oxygens (including phenoxy) is 1. The molecule has 0 aliphatic rings. The number of anilines is 1. The van der Waals surface area contributed by atoms with E-state index in [2.05, 4.69) is 5.32 Å². The molecule has 116 valence electrons. The molecule has 0 saturated heterocycles. The zero-order valence-electron chi connectivity index (χ0n) is 12.2. The summed E-state index contributed by atoms with van der Waals surface area (Å²) in [5.41, 5.74) is 1.37. The second-order valence-corrected chi connectivity index (χ2v) is 4.71. The van der Waals surface area contributed by atoms with Gasteiger partial charge in [0.2, 0.25) is 0 Å². The fourth-order valence-electron chi connectivity index (χ4n) is 1.85. The van der Waals surface area contributed by atoms with Crippen molar-refractivity contribution in [3.8, 4) is 11.8 Å². The molecule has 2 N–H and O–H groups in total. The summed E-state index contributed by atoms with van der Waals surface area (Å²) < 4.78 is 4.89. The van der Waals surface area contributed by atoms with Crippen molar-refractivity contribution in [2.45, 2.75) is 6.42 Å². The van der Waals surface area contributed by atoms with Crippen molar-refractivity contribution in [2.75, 3.05) is 11.9 Å². The number of carbonyl (C=O) groups excluding carboxylic acids is 2. The molecule has 6 nitrogen and oxygen atoms in total. The van der Waals surface area contributed by atoms with Gasteiger partial charge >= 0.3 is 5.97 Å². The molecule has 2 aromatic carbocycles. The van der Waals surface area contributed by atoms with Crippen molar-refractivity contribution in [2.24, 2.45) is 0 Å². The maximum atomic E-state index is 11.8. The highest BCUT2D eigenvalue weighted by Crippen LogP contribution is 2.13. The molecule has 0 radical (unpaired) electrons. The Bertz CT molecular complexity index is 748. The van der Waals surface area contributed by atoms with E-state index in [1.807, 2.05) is 6.07 Å². The van der Waals surface area contributed by atoms with Crippen LogP contribution in [0.4, 0.5) is 5.69 Å². The van der Waals surface area contributed by atoms with Crippen LogP contribution < -0.4 is 5.32 Å². The molecule has 0 spiro atoms. The van der Waals surface area contributed by atoms with E-state index >= 15 is 0 Å². The Morgan fingerprint density at radius 2 is 1.83 bits per heavy atom. The first kappa shape index (κ1) is 16.0. The van der Waals surface area contributed by atoms with E-state index < -0.39 is 18.5 Å². The molecule has 0 heterocycles. The highest BCUT2D eigenvalue weighted by Gasteiger charge is 2.10. The minimum atomic E-state index is -0.556. The maximum Gasteiger partial charge on any atom is 0.310 e. The van der Waals surface area contributed by atoms with Crippen molar-refractivity contribution in [3.05, 3.63) is 59.7 Å². The minimum absolute atomic E-state index is 0.00232. The lowest BCUT2D eigenvalue weighted by Gasteiger charge is -2.08. The summed E-state index contributed by atoms with van der Waals surface area (Å²) in [5.74, 6) is -0.969. The van der Waals surface area contributed by atoms with Crippen LogP contribution in [0.15, 0.2) is 48.5 Å². The van der Waals surface area contributed by atoms with E-state index in [1.54, 1.807) is 36.4 Å². The number of hydrogen-bond donors (Lipinski definition) is 2. The summed E-state index contributed by atoms with van der Waals surface area (Å²) in [6.07, 6.45) is 0.00232. The SMILES string of the molecule is N#Cc1ccccc1NC(=O)COC(=O)Cc1ccc(O)cc1. The molecule has 2 rings (SSSR count). The van der Waals surface area contributed by atoms with Gasteiger partial charge in [-0.25, -0.2) is 0 Å². The number of phenolic OH excluding ortho intramolecular Hbond substituents is 1. The Hall–Kier alpha value is -3.33. The average Bonchev–Trinajstić information content (AvgIpc) is 2.55. The number of hydrogen-bond acceptors (Lipinski definition) is 5.